The second-order valence-electron chi connectivity index (χ2n) is 4.99. The van der Waals surface area contributed by atoms with Gasteiger partial charge in [-0.05, 0) is 37.1 Å². The van der Waals surface area contributed by atoms with E-state index in [1.54, 1.807) is 13.1 Å². The zero-order valence-electron chi connectivity index (χ0n) is 10.8. The Morgan fingerprint density at radius 3 is 3.00 bits per heavy atom. The molecule has 1 saturated heterocycles. The lowest BCUT2D eigenvalue weighted by molar-refractivity contribution is -0.131. The minimum absolute atomic E-state index is 0.0107. The Kier molecular flexibility index (Phi) is 3.97. The average Bonchev–Trinajstić information content (AvgIpc) is 2.72. The van der Waals surface area contributed by atoms with Crippen LogP contribution in [0.3, 0.4) is 0 Å². The van der Waals surface area contributed by atoms with Gasteiger partial charge in [0.15, 0.2) is 0 Å². The highest BCUT2D eigenvalue weighted by Gasteiger charge is 2.33. The third kappa shape index (κ3) is 2.70. The largest absolute Gasteiger partial charge is 0.334 e. The third-order valence-corrected chi connectivity index (χ3v) is 3.39. The molecule has 1 aliphatic rings. The molecule has 0 spiro atoms. The van der Waals surface area contributed by atoms with Gasteiger partial charge in [-0.15, -0.1) is 0 Å². The Labute approximate surface area is 107 Å². The number of nitrogens with one attached hydrogen (secondary N) is 1. The van der Waals surface area contributed by atoms with Crippen LogP contribution in [0.15, 0.2) is 24.3 Å². The molecule has 1 aromatic carbocycles. The number of nitrogens with zero attached hydrogens (tertiary/aromatic N) is 1. The van der Waals surface area contributed by atoms with Crippen molar-refractivity contribution in [3.63, 3.8) is 0 Å². The predicted molar refractivity (Wildman–Crippen MR) is 68.6 cm³/mol. The highest BCUT2D eigenvalue weighted by molar-refractivity contribution is 5.79. The Bertz CT molecular complexity index is 436. The van der Waals surface area contributed by atoms with Crippen molar-refractivity contribution in [2.75, 3.05) is 20.1 Å². The van der Waals surface area contributed by atoms with E-state index in [1.165, 1.54) is 12.1 Å². The van der Waals surface area contributed by atoms with Crippen LogP contribution < -0.4 is 5.32 Å². The fraction of sp³-hybridized carbons (Fsp3) is 0.500. The van der Waals surface area contributed by atoms with Gasteiger partial charge in [0.05, 0.1) is 12.6 Å². The number of hydrogen-bond acceptors (Lipinski definition) is 2. The highest BCUT2D eigenvalue weighted by atomic mass is 19.1. The molecule has 1 amide bonds. The van der Waals surface area contributed by atoms with Gasteiger partial charge in [-0.1, -0.05) is 19.1 Å². The summed E-state index contributed by atoms with van der Waals surface area (Å²) in [4.78, 5) is 13.9. The zero-order valence-corrected chi connectivity index (χ0v) is 10.8. The molecule has 1 aromatic rings. The molecule has 18 heavy (non-hydrogen) atoms. The second kappa shape index (κ2) is 5.48. The summed E-state index contributed by atoms with van der Waals surface area (Å²) < 4.78 is 13.3. The summed E-state index contributed by atoms with van der Waals surface area (Å²) in [5.41, 5.74) is 0.892. The van der Waals surface area contributed by atoms with Crippen LogP contribution in [0.4, 0.5) is 4.39 Å². The topological polar surface area (TPSA) is 32.3 Å². The Morgan fingerprint density at radius 2 is 2.33 bits per heavy atom. The van der Waals surface area contributed by atoms with Crippen LogP contribution in [0, 0.1) is 11.7 Å². The number of hydrogen-bond donors (Lipinski definition) is 1. The average molecular weight is 250 g/mol. The van der Waals surface area contributed by atoms with Crippen LogP contribution in [0.2, 0.25) is 0 Å². The maximum atomic E-state index is 13.3. The van der Waals surface area contributed by atoms with Crippen molar-refractivity contribution in [2.24, 2.45) is 5.92 Å². The van der Waals surface area contributed by atoms with E-state index >= 15 is 0 Å². The first kappa shape index (κ1) is 13.0. The van der Waals surface area contributed by atoms with E-state index < -0.39 is 0 Å². The summed E-state index contributed by atoms with van der Waals surface area (Å²) in [5.74, 6) is 0.295. The molecule has 4 heteroatoms. The van der Waals surface area contributed by atoms with E-state index in [9.17, 15) is 9.18 Å². The molecular weight excluding hydrogens is 231 g/mol. The SMILES string of the molecule is CNCC(=O)N1C[C@@H](C)C[C@H]1c1cccc(F)c1. The number of amides is 1. The molecule has 2 rings (SSSR count). The van der Waals surface area contributed by atoms with Gasteiger partial charge in [-0.25, -0.2) is 4.39 Å². The van der Waals surface area contributed by atoms with Crippen LogP contribution in [-0.2, 0) is 4.79 Å². The molecule has 1 aliphatic heterocycles. The lowest BCUT2D eigenvalue weighted by Gasteiger charge is -2.25. The fourth-order valence-corrected chi connectivity index (χ4v) is 2.60. The Hall–Kier alpha value is -1.42. The maximum absolute atomic E-state index is 13.3. The molecule has 1 N–H and O–H groups in total. The van der Waals surface area contributed by atoms with Gasteiger partial charge in [0.2, 0.25) is 5.91 Å². The monoisotopic (exact) mass is 250 g/mol. The van der Waals surface area contributed by atoms with Crippen LogP contribution in [-0.4, -0.2) is 30.9 Å². The molecule has 0 unspecified atom stereocenters. The first-order chi connectivity index (χ1) is 8.61. The van der Waals surface area contributed by atoms with E-state index in [4.69, 9.17) is 0 Å². The first-order valence-corrected chi connectivity index (χ1v) is 6.31. The second-order valence-corrected chi connectivity index (χ2v) is 4.99. The Balaban J connectivity index is 2.21. The van der Waals surface area contributed by atoms with E-state index in [-0.39, 0.29) is 17.8 Å². The van der Waals surface area contributed by atoms with Crippen LogP contribution >= 0.6 is 0 Å². The van der Waals surface area contributed by atoms with Crippen LogP contribution in [0.1, 0.15) is 24.9 Å². The molecule has 0 aromatic heterocycles. The zero-order chi connectivity index (χ0) is 13.1. The molecule has 0 aliphatic carbocycles. The molecule has 2 atom stereocenters. The van der Waals surface area contributed by atoms with Crippen molar-refractivity contribution in [2.45, 2.75) is 19.4 Å². The van der Waals surface area contributed by atoms with E-state index in [1.807, 2.05) is 11.0 Å². The lowest BCUT2D eigenvalue weighted by Crippen LogP contribution is -2.37. The smallest absolute Gasteiger partial charge is 0.237 e. The third-order valence-electron chi connectivity index (χ3n) is 3.39. The minimum Gasteiger partial charge on any atom is -0.334 e. The number of likely N-dealkylation sites (N-methyl/N-ethyl adjacent to an activating group) is 1. The van der Waals surface area contributed by atoms with Crippen LogP contribution in [0.5, 0.6) is 0 Å². The summed E-state index contributed by atoms with van der Waals surface area (Å²) in [7, 11) is 1.76. The van der Waals surface area contributed by atoms with Gasteiger partial charge in [-0.2, -0.15) is 0 Å². The number of carbonyl (C=O) groups excluding carboxylic acids is 1. The van der Waals surface area contributed by atoms with Crippen molar-refractivity contribution >= 4 is 5.91 Å². The van der Waals surface area contributed by atoms with Crippen molar-refractivity contribution in [1.29, 1.82) is 0 Å². The van der Waals surface area contributed by atoms with E-state index in [0.29, 0.717) is 12.5 Å². The highest BCUT2D eigenvalue weighted by Crippen LogP contribution is 2.35. The van der Waals surface area contributed by atoms with Crippen molar-refractivity contribution in [3.8, 4) is 0 Å². The van der Waals surface area contributed by atoms with Crippen LogP contribution in [0.25, 0.3) is 0 Å². The molecule has 0 saturated carbocycles. The molecule has 1 fully saturated rings. The molecule has 0 radical (unpaired) electrons. The predicted octanol–water partition coefficient (Wildman–Crippen LogP) is 1.95. The number of halogens is 1. The summed E-state index contributed by atoms with van der Waals surface area (Å²) >= 11 is 0. The molecule has 3 nitrogen and oxygen atoms in total. The minimum atomic E-state index is -0.243. The normalized spacial score (nSPS) is 23.4. The Morgan fingerprint density at radius 1 is 1.56 bits per heavy atom. The van der Waals surface area contributed by atoms with Gasteiger partial charge in [0.1, 0.15) is 5.82 Å². The summed E-state index contributed by atoms with van der Waals surface area (Å²) in [5, 5.41) is 2.88. The molecule has 1 heterocycles. The van der Waals surface area contributed by atoms with Crippen molar-refractivity contribution < 1.29 is 9.18 Å². The molecule has 0 bridgehead atoms. The standard InChI is InChI=1S/C14H19FN2O/c1-10-6-13(11-4-3-5-12(15)7-11)17(9-10)14(18)8-16-2/h3-5,7,10,13,16H,6,8-9H2,1-2H3/t10-,13-/m0/s1. The number of carbonyl (C=O) groups is 1. The summed E-state index contributed by atoms with van der Waals surface area (Å²) in [6.07, 6.45) is 0.902. The van der Waals surface area contributed by atoms with Gasteiger partial charge in [-0.3, -0.25) is 4.79 Å². The van der Waals surface area contributed by atoms with Gasteiger partial charge in [0, 0.05) is 6.54 Å². The van der Waals surface area contributed by atoms with E-state index in [2.05, 4.69) is 12.2 Å². The lowest BCUT2D eigenvalue weighted by atomic mass is 10.0. The number of rotatable bonds is 3. The van der Waals surface area contributed by atoms with Gasteiger partial charge >= 0.3 is 0 Å². The van der Waals surface area contributed by atoms with Gasteiger partial charge in [0.25, 0.3) is 0 Å². The first-order valence-electron chi connectivity index (χ1n) is 6.31. The van der Waals surface area contributed by atoms with Gasteiger partial charge < -0.3 is 10.2 Å². The molecule has 98 valence electrons. The number of likely N-dealkylation sites (tertiary alicyclic amines) is 1. The molecular formula is C14H19FN2O. The summed E-state index contributed by atoms with van der Waals surface area (Å²) in [6, 6.07) is 6.57. The summed E-state index contributed by atoms with van der Waals surface area (Å²) in [6.45, 7) is 3.21. The quantitative estimate of drug-likeness (QED) is 0.889. The van der Waals surface area contributed by atoms with Crippen molar-refractivity contribution in [3.05, 3.63) is 35.6 Å². The van der Waals surface area contributed by atoms with Crippen molar-refractivity contribution in [1.82, 2.24) is 10.2 Å². The maximum Gasteiger partial charge on any atom is 0.237 e. The van der Waals surface area contributed by atoms with E-state index in [0.717, 1.165) is 18.5 Å². The number of benzene rings is 1. The fourth-order valence-electron chi connectivity index (χ4n) is 2.60.